The van der Waals surface area contributed by atoms with Gasteiger partial charge in [0.2, 0.25) is 0 Å². The van der Waals surface area contributed by atoms with Crippen molar-refractivity contribution in [1.29, 1.82) is 0 Å². The van der Waals surface area contributed by atoms with Gasteiger partial charge in [0.15, 0.2) is 0 Å². The Labute approximate surface area is 390 Å². The Bertz CT molecular complexity index is 782. The molecule has 0 N–H and O–H groups in total. The molecule has 1 atom stereocenters. The average Bonchev–Trinajstić information content (AvgIpc) is 3.28. The molecule has 6 nitrogen and oxygen atoms in total. The lowest BCUT2D eigenvalue weighted by Crippen LogP contribution is -2.43. The fraction of sp³-hybridized carbons (Fsp3) is 1.00. The van der Waals surface area contributed by atoms with E-state index in [1.807, 2.05) is 0 Å². The van der Waals surface area contributed by atoms with Gasteiger partial charge in [-0.15, -0.1) is 0 Å². The molecule has 1 heterocycles. The Morgan fingerprint density at radius 1 is 0.242 bits per heavy atom. The van der Waals surface area contributed by atoms with Crippen molar-refractivity contribution >= 4 is 0 Å². The van der Waals surface area contributed by atoms with E-state index in [4.69, 9.17) is 14.2 Å². The highest BCUT2D eigenvalue weighted by molar-refractivity contribution is 4.77. The average molecular weight is 879 g/mol. The van der Waals surface area contributed by atoms with Crippen molar-refractivity contribution in [1.82, 2.24) is 14.7 Å². The summed E-state index contributed by atoms with van der Waals surface area (Å²) in [6.07, 6.45) is 47.5. The van der Waals surface area contributed by atoms with Gasteiger partial charge < -0.3 is 14.2 Å². The second-order valence-electron chi connectivity index (χ2n) is 19.8. The molecule has 0 saturated carbocycles. The molecule has 1 aliphatic heterocycles. The van der Waals surface area contributed by atoms with Gasteiger partial charge in [-0.2, -0.15) is 0 Å². The first-order chi connectivity index (χ1) is 30.6. The second kappa shape index (κ2) is 47.3. The van der Waals surface area contributed by atoms with Crippen LogP contribution in [-0.4, -0.2) is 112 Å². The zero-order valence-corrected chi connectivity index (χ0v) is 43.5. The smallest absolute Gasteiger partial charge is 0.0594 e. The SMILES string of the molecule is CCCCCCCC(CCCCCC)N1CCOCCN(C(CCCCCCC)CCCCCCC)CCOCCN(C(CCCCCCC)CCCCCCC)CCOCC1. The van der Waals surface area contributed by atoms with Gasteiger partial charge in [-0.05, 0) is 38.5 Å². The van der Waals surface area contributed by atoms with Gasteiger partial charge in [0.05, 0.1) is 39.6 Å². The molecule has 0 spiro atoms. The monoisotopic (exact) mass is 878 g/mol. The minimum absolute atomic E-state index is 0.644. The van der Waals surface area contributed by atoms with Crippen molar-refractivity contribution in [2.24, 2.45) is 0 Å². The largest absolute Gasteiger partial charge is 0.379 e. The van der Waals surface area contributed by atoms with E-state index in [0.717, 1.165) is 78.9 Å². The van der Waals surface area contributed by atoms with Gasteiger partial charge in [0, 0.05) is 57.4 Å². The van der Waals surface area contributed by atoms with Crippen LogP contribution in [0.25, 0.3) is 0 Å². The maximum absolute atomic E-state index is 6.64. The van der Waals surface area contributed by atoms with Crippen molar-refractivity contribution in [3.63, 3.8) is 0 Å². The molecule has 0 aromatic carbocycles. The third-order valence-corrected chi connectivity index (χ3v) is 14.3. The Morgan fingerprint density at radius 3 is 0.581 bits per heavy atom. The molecule has 0 amide bonds. The van der Waals surface area contributed by atoms with Crippen LogP contribution in [0.3, 0.4) is 0 Å². The van der Waals surface area contributed by atoms with Gasteiger partial charge in [-0.3, -0.25) is 14.7 Å². The summed E-state index contributed by atoms with van der Waals surface area (Å²) in [5, 5.41) is 0. The highest BCUT2D eigenvalue weighted by Crippen LogP contribution is 2.22. The summed E-state index contributed by atoms with van der Waals surface area (Å²) in [4.78, 5) is 8.44. The number of nitrogens with zero attached hydrogens (tertiary/aromatic N) is 3. The van der Waals surface area contributed by atoms with Crippen LogP contribution in [0.5, 0.6) is 0 Å². The quantitative estimate of drug-likeness (QED) is 0.0575. The molecule has 0 aromatic rings. The molecule has 1 rings (SSSR count). The van der Waals surface area contributed by atoms with Crippen LogP contribution in [0, 0.1) is 0 Å². The van der Waals surface area contributed by atoms with E-state index in [2.05, 4.69) is 56.2 Å². The van der Waals surface area contributed by atoms with E-state index in [9.17, 15) is 0 Å². The topological polar surface area (TPSA) is 37.4 Å². The van der Waals surface area contributed by atoms with Crippen molar-refractivity contribution < 1.29 is 14.2 Å². The van der Waals surface area contributed by atoms with E-state index >= 15 is 0 Å². The molecule has 1 saturated heterocycles. The molecule has 6 heteroatoms. The normalized spacial score (nSPS) is 17.2. The summed E-state index contributed by atoms with van der Waals surface area (Å²) in [7, 11) is 0. The molecule has 1 fully saturated rings. The Balaban J connectivity index is 3.29. The zero-order chi connectivity index (χ0) is 44.8. The number of rotatable bonds is 38. The summed E-state index contributed by atoms with van der Waals surface area (Å²) < 4.78 is 19.9. The molecule has 0 aliphatic carbocycles. The van der Waals surface area contributed by atoms with E-state index in [1.54, 1.807) is 0 Å². The van der Waals surface area contributed by atoms with Crippen LogP contribution < -0.4 is 0 Å². The van der Waals surface area contributed by atoms with Crippen LogP contribution >= 0.6 is 0 Å². The van der Waals surface area contributed by atoms with E-state index in [-0.39, 0.29) is 0 Å². The third kappa shape index (κ3) is 35.0. The molecule has 0 radical (unpaired) electrons. The van der Waals surface area contributed by atoms with Crippen LogP contribution in [0.2, 0.25) is 0 Å². The summed E-state index contributed by atoms with van der Waals surface area (Å²) in [5.41, 5.74) is 0. The fourth-order valence-electron chi connectivity index (χ4n) is 10.1. The first kappa shape index (κ1) is 59.8. The molecular formula is C56H115N3O3. The van der Waals surface area contributed by atoms with Crippen LogP contribution in [-0.2, 0) is 14.2 Å². The van der Waals surface area contributed by atoms with Crippen LogP contribution in [0.1, 0.15) is 266 Å². The Kier molecular flexibility index (Phi) is 45.6. The van der Waals surface area contributed by atoms with Crippen LogP contribution in [0.15, 0.2) is 0 Å². The molecule has 1 aliphatic rings. The minimum atomic E-state index is 0.644. The molecular weight excluding hydrogens is 763 g/mol. The zero-order valence-electron chi connectivity index (χ0n) is 43.5. The Hall–Kier alpha value is -0.240. The first-order valence-corrected chi connectivity index (χ1v) is 28.6. The summed E-state index contributed by atoms with van der Waals surface area (Å²) in [6.45, 7) is 25.2. The molecule has 0 aromatic heterocycles. The van der Waals surface area contributed by atoms with Crippen LogP contribution in [0.4, 0.5) is 0 Å². The fourth-order valence-corrected chi connectivity index (χ4v) is 10.1. The number of unbranched alkanes of at least 4 members (excludes halogenated alkanes) is 23. The van der Waals surface area contributed by atoms with Gasteiger partial charge in [0.1, 0.15) is 0 Å². The number of hydrogen-bond donors (Lipinski definition) is 0. The van der Waals surface area contributed by atoms with Crippen molar-refractivity contribution in [2.45, 2.75) is 284 Å². The number of hydrogen-bond acceptors (Lipinski definition) is 6. The summed E-state index contributed by atoms with van der Waals surface area (Å²) in [5.74, 6) is 0. The van der Waals surface area contributed by atoms with Crippen molar-refractivity contribution in [3.05, 3.63) is 0 Å². The van der Waals surface area contributed by atoms with E-state index in [1.165, 1.54) is 225 Å². The minimum Gasteiger partial charge on any atom is -0.379 e. The molecule has 62 heavy (non-hydrogen) atoms. The summed E-state index contributed by atoms with van der Waals surface area (Å²) >= 11 is 0. The standard InChI is InChI=1S/C56H115N3O3/c1-7-13-19-25-31-37-54(36-30-24-18-12-6)57-42-48-60-50-44-58(55(38-32-26-20-14-8-2)39-33-27-21-15-9-3)46-52-62-53-47-59(45-51-61-49-43-57)56(40-34-28-22-16-10-4)41-35-29-23-17-11-5/h54-56H,7-53H2,1-6H3. The second-order valence-corrected chi connectivity index (χ2v) is 19.8. The third-order valence-electron chi connectivity index (χ3n) is 14.3. The van der Waals surface area contributed by atoms with E-state index < -0.39 is 0 Å². The van der Waals surface area contributed by atoms with Crippen molar-refractivity contribution in [3.8, 4) is 0 Å². The van der Waals surface area contributed by atoms with Gasteiger partial charge in [0.25, 0.3) is 0 Å². The summed E-state index contributed by atoms with van der Waals surface area (Å²) in [6, 6.07) is 1.93. The molecule has 0 bridgehead atoms. The maximum Gasteiger partial charge on any atom is 0.0594 e. The maximum atomic E-state index is 6.64. The van der Waals surface area contributed by atoms with Gasteiger partial charge in [-0.1, -0.05) is 228 Å². The number of ether oxygens (including phenoxy) is 3. The van der Waals surface area contributed by atoms with Crippen molar-refractivity contribution in [2.75, 3.05) is 78.9 Å². The Morgan fingerprint density at radius 2 is 0.403 bits per heavy atom. The lowest BCUT2D eigenvalue weighted by molar-refractivity contribution is 0.0119. The van der Waals surface area contributed by atoms with E-state index in [0.29, 0.717) is 18.1 Å². The highest BCUT2D eigenvalue weighted by Gasteiger charge is 2.22. The lowest BCUT2D eigenvalue weighted by atomic mass is 9.99. The lowest BCUT2D eigenvalue weighted by Gasteiger charge is -2.34. The predicted molar refractivity (Wildman–Crippen MR) is 274 cm³/mol. The first-order valence-electron chi connectivity index (χ1n) is 28.6. The van der Waals surface area contributed by atoms with Gasteiger partial charge >= 0.3 is 0 Å². The predicted octanol–water partition coefficient (Wildman–Crippen LogP) is 15.8. The molecule has 372 valence electrons. The van der Waals surface area contributed by atoms with Gasteiger partial charge in [-0.25, -0.2) is 0 Å². The highest BCUT2D eigenvalue weighted by atomic mass is 16.5. The molecule has 1 unspecified atom stereocenters.